The van der Waals surface area contributed by atoms with E-state index in [1.165, 1.54) is 5.56 Å². The van der Waals surface area contributed by atoms with E-state index in [9.17, 15) is 10.2 Å². The lowest BCUT2D eigenvalue weighted by atomic mass is 10.1. The number of nitrogens with one attached hydrogen (secondary N) is 1. The number of benzene rings is 1. The van der Waals surface area contributed by atoms with Crippen LogP contribution in [0.15, 0.2) is 30.3 Å². The van der Waals surface area contributed by atoms with Gasteiger partial charge in [0.1, 0.15) is 0 Å². The smallest absolute Gasteiger partial charge is 0.0897 e. The molecule has 0 amide bonds. The van der Waals surface area contributed by atoms with E-state index < -0.39 is 6.10 Å². The maximum atomic E-state index is 9.79. The molecule has 4 heteroatoms. The molecule has 4 nitrogen and oxygen atoms in total. The van der Waals surface area contributed by atoms with Crippen LogP contribution < -0.4 is 5.32 Å². The van der Waals surface area contributed by atoms with Gasteiger partial charge in [-0.25, -0.2) is 0 Å². The number of aliphatic hydroxyl groups excluding tert-OH is 2. The minimum absolute atomic E-state index is 0.0392. The second-order valence-electron chi connectivity index (χ2n) is 5.06. The van der Waals surface area contributed by atoms with Crippen molar-refractivity contribution in [3.05, 3.63) is 35.9 Å². The highest BCUT2D eigenvalue weighted by atomic mass is 16.5. The summed E-state index contributed by atoms with van der Waals surface area (Å²) in [5.41, 5.74) is 1.17. The lowest BCUT2D eigenvalue weighted by Gasteiger charge is -2.19. The van der Waals surface area contributed by atoms with E-state index in [0.717, 1.165) is 19.3 Å². The van der Waals surface area contributed by atoms with Crippen LogP contribution in [0.2, 0.25) is 0 Å². The molecule has 0 bridgehead atoms. The minimum Gasteiger partial charge on any atom is -0.395 e. The summed E-state index contributed by atoms with van der Waals surface area (Å²) in [4.78, 5) is 0. The van der Waals surface area contributed by atoms with Gasteiger partial charge in [0, 0.05) is 19.2 Å². The van der Waals surface area contributed by atoms with Crippen molar-refractivity contribution < 1.29 is 14.9 Å². The highest BCUT2D eigenvalue weighted by Gasteiger charge is 2.11. The highest BCUT2D eigenvalue weighted by Crippen LogP contribution is 2.03. The van der Waals surface area contributed by atoms with Crippen LogP contribution in [0.4, 0.5) is 0 Å². The summed E-state index contributed by atoms with van der Waals surface area (Å²) in [6.07, 6.45) is 2.34. The molecule has 0 radical (unpaired) electrons. The predicted octanol–water partition coefficient (Wildman–Crippen LogP) is 1.36. The zero-order valence-corrected chi connectivity index (χ0v) is 12.3. The van der Waals surface area contributed by atoms with Gasteiger partial charge >= 0.3 is 0 Å². The molecule has 1 aromatic rings. The van der Waals surface area contributed by atoms with E-state index in [4.69, 9.17) is 4.74 Å². The third-order valence-electron chi connectivity index (χ3n) is 3.14. The van der Waals surface area contributed by atoms with Crippen LogP contribution in [0, 0.1) is 0 Å². The van der Waals surface area contributed by atoms with Crippen molar-refractivity contribution in [2.45, 2.75) is 38.3 Å². The van der Waals surface area contributed by atoms with Gasteiger partial charge in [0.25, 0.3) is 0 Å². The van der Waals surface area contributed by atoms with Crippen molar-refractivity contribution in [3.8, 4) is 0 Å². The van der Waals surface area contributed by atoms with E-state index in [2.05, 4.69) is 12.2 Å². The SMILES string of the molecule is CCCCOCC(O)CNC(CO)Cc1ccccc1. The van der Waals surface area contributed by atoms with Crippen LogP contribution in [-0.4, -0.2) is 48.7 Å². The molecular weight excluding hydrogens is 254 g/mol. The number of rotatable bonds is 11. The van der Waals surface area contributed by atoms with Crippen LogP contribution in [0.25, 0.3) is 0 Å². The normalized spacial score (nSPS) is 14.2. The van der Waals surface area contributed by atoms with E-state index in [1.54, 1.807) is 0 Å². The van der Waals surface area contributed by atoms with Gasteiger partial charge in [0.15, 0.2) is 0 Å². The lowest BCUT2D eigenvalue weighted by Crippen LogP contribution is -2.40. The van der Waals surface area contributed by atoms with Gasteiger partial charge in [-0.3, -0.25) is 0 Å². The molecule has 2 unspecified atom stereocenters. The van der Waals surface area contributed by atoms with Gasteiger partial charge in [-0.1, -0.05) is 43.7 Å². The van der Waals surface area contributed by atoms with Crippen LogP contribution in [-0.2, 0) is 11.2 Å². The van der Waals surface area contributed by atoms with E-state index >= 15 is 0 Å². The first kappa shape index (κ1) is 17.1. The van der Waals surface area contributed by atoms with Crippen LogP contribution in [0.5, 0.6) is 0 Å². The minimum atomic E-state index is -0.531. The summed E-state index contributed by atoms with van der Waals surface area (Å²) in [6.45, 7) is 3.64. The Bertz CT molecular complexity index is 332. The number of aliphatic hydroxyl groups is 2. The molecule has 1 aromatic carbocycles. The largest absolute Gasteiger partial charge is 0.395 e. The zero-order chi connectivity index (χ0) is 14.6. The third-order valence-corrected chi connectivity index (χ3v) is 3.14. The quantitative estimate of drug-likeness (QED) is 0.536. The van der Waals surface area contributed by atoms with Crippen molar-refractivity contribution >= 4 is 0 Å². The van der Waals surface area contributed by atoms with Gasteiger partial charge in [-0.05, 0) is 18.4 Å². The topological polar surface area (TPSA) is 61.7 Å². The Kier molecular flexibility index (Phi) is 9.24. The van der Waals surface area contributed by atoms with Gasteiger partial charge in [0.05, 0.1) is 19.3 Å². The van der Waals surface area contributed by atoms with Crippen LogP contribution >= 0.6 is 0 Å². The standard InChI is InChI=1S/C16H27NO3/c1-2-3-9-20-13-16(19)11-17-15(12-18)10-14-7-5-4-6-8-14/h4-8,15-19H,2-3,9-13H2,1H3. The summed E-state index contributed by atoms with van der Waals surface area (Å²) < 4.78 is 5.37. The summed E-state index contributed by atoms with van der Waals surface area (Å²) in [6, 6.07) is 9.98. The first-order valence-corrected chi connectivity index (χ1v) is 7.40. The molecule has 0 saturated carbocycles. The predicted molar refractivity (Wildman–Crippen MR) is 80.8 cm³/mol. The molecule has 0 aliphatic heterocycles. The maximum Gasteiger partial charge on any atom is 0.0897 e. The molecule has 0 saturated heterocycles. The van der Waals surface area contributed by atoms with Gasteiger partial charge < -0.3 is 20.3 Å². The summed E-state index contributed by atoms with van der Waals surface area (Å²) in [7, 11) is 0. The highest BCUT2D eigenvalue weighted by molar-refractivity contribution is 5.15. The fourth-order valence-corrected chi connectivity index (χ4v) is 1.93. The molecule has 114 valence electrons. The van der Waals surface area contributed by atoms with Crippen LogP contribution in [0.3, 0.4) is 0 Å². The molecule has 20 heavy (non-hydrogen) atoms. The van der Waals surface area contributed by atoms with Gasteiger partial charge in [-0.2, -0.15) is 0 Å². The Balaban J connectivity index is 2.20. The Morgan fingerprint density at radius 1 is 1.25 bits per heavy atom. The third kappa shape index (κ3) is 7.60. The monoisotopic (exact) mass is 281 g/mol. The number of unbranched alkanes of at least 4 members (excludes halogenated alkanes) is 1. The molecular formula is C16H27NO3. The first-order chi connectivity index (χ1) is 9.76. The Hall–Kier alpha value is -0.940. The fraction of sp³-hybridized carbons (Fsp3) is 0.625. The van der Waals surface area contributed by atoms with Crippen molar-refractivity contribution in [3.63, 3.8) is 0 Å². The average Bonchev–Trinajstić information content (AvgIpc) is 2.49. The van der Waals surface area contributed by atoms with E-state index in [0.29, 0.717) is 19.8 Å². The maximum absolute atomic E-state index is 9.79. The Morgan fingerprint density at radius 2 is 2.00 bits per heavy atom. The Labute approximate surface area is 121 Å². The summed E-state index contributed by atoms with van der Waals surface area (Å²) >= 11 is 0. The second kappa shape index (κ2) is 10.8. The lowest BCUT2D eigenvalue weighted by molar-refractivity contribution is 0.0334. The van der Waals surface area contributed by atoms with E-state index in [-0.39, 0.29) is 12.6 Å². The molecule has 0 heterocycles. The molecule has 0 spiro atoms. The fourth-order valence-electron chi connectivity index (χ4n) is 1.93. The van der Waals surface area contributed by atoms with Crippen molar-refractivity contribution in [1.82, 2.24) is 5.32 Å². The van der Waals surface area contributed by atoms with Crippen LogP contribution in [0.1, 0.15) is 25.3 Å². The molecule has 0 aromatic heterocycles. The zero-order valence-electron chi connectivity index (χ0n) is 12.3. The molecule has 1 rings (SSSR count). The van der Waals surface area contributed by atoms with Crippen molar-refractivity contribution in [1.29, 1.82) is 0 Å². The average molecular weight is 281 g/mol. The van der Waals surface area contributed by atoms with Crippen molar-refractivity contribution in [2.75, 3.05) is 26.4 Å². The van der Waals surface area contributed by atoms with Crippen molar-refractivity contribution in [2.24, 2.45) is 0 Å². The summed E-state index contributed by atoms with van der Waals surface area (Å²) in [5, 5.41) is 22.3. The molecule has 0 aliphatic rings. The second-order valence-corrected chi connectivity index (χ2v) is 5.06. The molecule has 0 fully saturated rings. The number of ether oxygens (including phenoxy) is 1. The number of hydrogen-bond donors (Lipinski definition) is 3. The first-order valence-electron chi connectivity index (χ1n) is 7.40. The van der Waals surface area contributed by atoms with E-state index in [1.807, 2.05) is 30.3 Å². The Morgan fingerprint density at radius 3 is 2.65 bits per heavy atom. The molecule has 2 atom stereocenters. The summed E-state index contributed by atoms with van der Waals surface area (Å²) in [5.74, 6) is 0. The molecule has 3 N–H and O–H groups in total. The number of hydrogen-bond acceptors (Lipinski definition) is 4. The van der Waals surface area contributed by atoms with Gasteiger partial charge in [-0.15, -0.1) is 0 Å². The molecule has 0 aliphatic carbocycles. The van der Waals surface area contributed by atoms with Gasteiger partial charge in [0.2, 0.25) is 0 Å².